The molecule has 3 rings (SSSR count). The number of urea groups is 1. The third-order valence-electron chi connectivity index (χ3n) is 4.94. The second-order valence-electron chi connectivity index (χ2n) is 6.67. The maximum atomic E-state index is 12.8. The maximum Gasteiger partial charge on any atom is 0.348 e. The van der Waals surface area contributed by atoms with Crippen LogP contribution in [0.5, 0.6) is 0 Å². The van der Waals surface area contributed by atoms with Gasteiger partial charge in [0.25, 0.3) is 0 Å². The summed E-state index contributed by atoms with van der Waals surface area (Å²) in [5.41, 5.74) is 6.69. The zero-order valence-corrected chi connectivity index (χ0v) is 16.4. The number of nitrogens with zero attached hydrogens (tertiary/aromatic N) is 2. The molecular weight excluding hydrogens is 378 g/mol. The summed E-state index contributed by atoms with van der Waals surface area (Å²) < 4.78 is 0. The van der Waals surface area contributed by atoms with Crippen LogP contribution in [0.15, 0.2) is 36.4 Å². The average molecular weight is 401 g/mol. The van der Waals surface area contributed by atoms with Crippen molar-refractivity contribution in [3.63, 3.8) is 0 Å². The molecule has 28 heavy (non-hydrogen) atoms. The molecular formula is C20H23N3O4S. The summed E-state index contributed by atoms with van der Waals surface area (Å²) in [5, 5.41) is 9.75. The third kappa shape index (κ3) is 4.01. The summed E-state index contributed by atoms with van der Waals surface area (Å²) in [6, 6.07) is 10.7. The molecule has 0 unspecified atom stereocenters. The molecule has 8 heteroatoms. The molecule has 2 heterocycles. The van der Waals surface area contributed by atoms with E-state index in [0.717, 1.165) is 10.4 Å². The van der Waals surface area contributed by atoms with E-state index in [1.54, 1.807) is 22.8 Å². The first kappa shape index (κ1) is 19.9. The van der Waals surface area contributed by atoms with Gasteiger partial charge >= 0.3 is 12.0 Å². The molecule has 1 fully saturated rings. The Kier molecular flexibility index (Phi) is 5.99. The van der Waals surface area contributed by atoms with Crippen molar-refractivity contribution >= 4 is 34.9 Å². The molecule has 1 aromatic heterocycles. The molecule has 7 nitrogen and oxygen atoms in total. The number of anilines is 1. The number of thiophene rings is 1. The van der Waals surface area contributed by atoms with Crippen molar-refractivity contribution in [2.45, 2.75) is 32.2 Å². The van der Waals surface area contributed by atoms with Crippen molar-refractivity contribution in [3.05, 3.63) is 41.3 Å². The Labute approximate surface area is 167 Å². The second-order valence-corrected chi connectivity index (χ2v) is 7.72. The average Bonchev–Trinajstić information content (AvgIpc) is 3.14. The normalized spacial score (nSPS) is 14.7. The Hall–Kier alpha value is -2.87. The number of hydrogen-bond acceptors (Lipinski definition) is 4. The third-order valence-corrected chi connectivity index (χ3v) is 6.10. The number of aromatic carboxylic acids is 1. The van der Waals surface area contributed by atoms with E-state index < -0.39 is 12.0 Å². The lowest BCUT2D eigenvalue weighted by Gasteiger charge is -2.37. The number of carboxylic acid groups (broad SMARTS) is 1. The van der Waals surface area contributed by atoms with E-state index in [1.165, 1.54) is 11.3 Å². The fourth-order valence-electron chi connectivity index (χ4n) is 3.51. The predicted octanol–water partition coefficient (Wildman–Crippen LogP) is 3.40. The molecule has 0 radical (unpaired) electrons. The number of likely N-dealkylation sites (tertiary alicyclic amines) is 1. The van der Waals surface area contributed by atoms with E-state index in [0.29, 0.717) is 31.6 Å². The van der Waals surface area contributed by atoms with Crippen LogP contribution in [-0.4, -0.2) is 47.0 Å². The number of carbonyl (C=O) groups is 3. The van der Waals surface area contributed by atoms with Crippen LogP contribution in [0.1, 0.15) is 35.9 Å². The van der Waals surface area contributed by atoms with Gasteiger partial charge in [-0.05, 0) is 24.5 Å². The topological polar surface area (TPSA) is 104 Å². The van der Waals surface area contributed by atoms with Crippen molar-refractivity contribution in [1.29, 1.82) is 0 Å². The fourth-order valence-corrected chi connectivity index (χ4v) is 4.50. The Morgan fingerprint density at radius 1 is 1.21 bits per heavy atom. The van der Waals surface area contributed by atoms with Crippen molar-refractivity contribution in [2.24, 2.45) is 5.73 Å². The van der Waals surface area contributed by atoms with Gasteiger partial charge in [-0.2, -0.15) is 0 Å². The van der Waals surface area contributed by atoms with E-state index in [2.05, 4.69) is 0 Å². The van der Waals surface area contributed by atoms with Gasteiger partial charge < -0.3 is 20.6 Å². The first-order chi connectivity index (χ1) is 13.4. The number of primary amides is 1. The van der Waals surface area contributed by atoms with Crippen molar-refractivity contribution in [3.8, 4) is 10.4 Å². The molecule has 0 spiro atoms. The Morgan fingerprint density at radius 3 is 2.39 bits per heavy atom. The van der Waals surface area contributed by atoms with Gasteiger partial charge in [-0.3, -0.25) is 4.79 Å². The number of rotatable bonds is 5. The van der Waals surface area contributed by atoms with Gasteiger partial charge in [-0.1, -0.05) is 37.3 Å². The lowest BCUT2D eigenvalue weighted by Crippen LogP contribution is -2.50. The Morgan fingerprint density at radius 2 is 1.86 bits per heavy atom. The minimum Gasteiger partial charge on any atom is -0.477 e. The van der Waals surface area contributed by atoms with Gasteiger partial charge in [0.1, 0.15) is 4.88 Å². The predicted molar refractivity (Wildman–Crippen MR) is 109 cm³/mol. The second kappa shape index (κ2) is 8.43. The standard InChI is InChI=1S/C20H23N3O4S/c1-2-17(24)23(14-8-10-22(11-9-14)20(21)27)15-12-16(28-18(15)19(25)26)13-6-4-3-5-7-13/h3-7,12,14H,2,8-11H2,1H3,(H2,21,27)(H,25,26). The highest BCUT2D eigenvalue weighted by Crippen LogP contribution is 2.39. The summed E-state index contributed by atoms with van der Waals surface area (Å²) in [5.74, 6) is -1.18. The van der Waals surface area contributed by atoms with E-state index in [4.69, 9.17) is 5.73 Å². The highest BCUT2D eigenvalue weighted by Gasteiger charge is 2.33. The van der Waals surface area contributed by atoms with Crippen LogP contribution in [0.3, 0.4) is 0 Å². The lowest BCUT2D eigenvalue weighted by molar-refractivity contribution is -0.119. The molecule has 0 bridgehead atoms. The molecule has 3 amide bonds. The Bertz CT molecular complexity index is 873. The minimum atomic E-state index is -1.05. The van der Waals surface area contributed by atoms with Crippen molar-refractivity contribution in [2.75, 3.05) is 18.0 Å². The van der Waals surface area contributed by atoms with Gasteiger partial charge in [0, 0.05) is 30.4 Å². The Balaban J connectivity index is 1.98. The number of hydrogen-bond donors (Lipinski definition) is 2. The van der Waals surface area contributed by atoms with Crippen LogP contribution in [0, 0.1) is 0 Å². The lowest BCUT2D eigenvalue weighted by atomic mass is 10.0. The van der Waals surface area contributed by atoms with Crippen LogP contribution in [-0.2, 0) is 4.79 Å². The zero-order chi connectivity index (χ0) is 20.3. The number of carboxylic acids is 1. The molecule has 0 saturated carbocycles. The van der Waals surface area contributed by atoms with Crippen LogP contribution in [0.25, 0.3) is 10.4 Å². The number of carbonyl (C=O) groups excluding carboxylic acids is 2. The first-order valence-corrected chi connectivity index (χ1v) is 10.0. The van der Waals surface area contributed by atoms with Crippen LogP contribution < -0.4 is 10.6 Å². The molecule has 1 saturated heterocycles. The highest BCUT2D eigenvalue weighted by molar-refractivity contribution is 7.18. The quantitative estimate of drug-likeness (QED) is 0.801. The number of nitrogens with two attached hydrogens (primary N) is 1. The van der Waals surface area contributed by atoms with Gasteiger partial charge in [0.05, 0.1) is 5.69 Å². The number of amides is 3. The van der Waals surface area contributed by atoms with Gasteiger partial charge in [-0.15, -0.1) is 11.3 Å². The van der Waals surface area contributed by atoms with Crippen molar-refractivity contribution < 1.29 is 19.5 Å². The van der Waals surface area contributed by atoms with Crippen LogP contribution >= 0.6 is 11.3 Å². The first-order valence-electron chi connectivity index (χ1n) is 9.21. The van der Waals surface area contributed by atoms with E-state index in [-0.39, 0.29) is 23.2 Å². The van der Waals surface area contributed by atoms with E-state index in [9.17, 15) is 19.5 Å². The van der Waals surface area contributed by atoms with Crippen LogP contribution in [0.2, 0.25) is 0 Å². The molecule has 148 valence electrons. The molecule has 1 aromatic carbocycles. The summed E-state index contributed by atoms with van der Waals surface area (Å²) in [6.45, 7) is 2.66. The van der Waals surface area contributed by atoms with Gasteiger partial charge in [0.15, 0.2) is 0 Å². The zero-order valence-electron chi connectivity index (χ0n) is 15.6. The fraction of sp³-hybridized carbons (Fsp3) is 0.350. The SMILES string of the molecule is CCC(=O)N(c1cc(-c2ccccc2)sc1C(=O)O)C1CCN(C(N)=O)CC1. The van der Waals surface area contributed by atoms with Crippen molar-refractivity contribution in [1.82, 2.24) is 4.90 Å². The van der Waals surface area contributed by atoms with Gasteiger partial charge in [-0.25, -0.2) is 9.59 Å². The number of benzene rings is 1. The largest absolute Gasteiger partial charge is 0.477 e. The van der Waals surface area contributed by atoms with Gasteiger partial charge in [0.2, 0.25) is 5.91 Å². The molecule has 0 atom stereocenters. The summed E-state index contributed by atoms with van der Waals surface area (Å²) in [7, 11) is 0. The summed E-state index contributed by atoms with van der Waals surface area (Å²) in [6.07, 6.45) is 1.39. The van der Waals surface area contributed by atoms with E-state index >= 15 is 0 Å². The molecule has 3 N–H and O–H groups in total. The maximum absolute atomic E-state index is 12.8. The van der Waals surface area contributed by atoms with E-state index in [1.807, 2.05) is 30.3 Å². The number of piperidine rings is 1. The molecule has 1 aliphatic heterocycles. The molecule has 1 aliphatic rings. The molecule has 2 aromatic rings. The van der Waals surface area contributed by atoms with Crippen LogP contribution in [0.4, 0.5) is 10.5 Å². The summed E-state index contributed by atoms with van der Waals surface area (Å²) >= 11 is 1.17. The monoisotopic (exact) mass is 401 g/mol. The molecule has 0 aliphatic carbocycles. The minimum absolute atomic E-state index is 0.127. The summed E-state index contributed by atoms with van der Waals surface area (Å²) in [4.78, 5) is 40.2. The highest BCUT2D eigenvalue weighted by atomic mass is 32.1. The smallest absolute Gasteiger partial charge is 0.348 e.